The molecule has 0 atom stereocenters. The standard InChI is InChI=1S/C15H15BrFNO/c1-10-4-3-5-14(15(10)16)18-9-11-6-7-12(19-2)8-13(11)17/h3-8,18H,9H2,1-2H3. The highest BCUT2D eigenvalue weighted by molar-refractivity contribution is 9.10. The molecule has 0 aliphatic carbocycles. The number of rotatable bonds is 4. The van der Waals surface area contributed by atoms with E-state index in [1.807, 2.05) is 25.1 Å². The van der Waals surface area contributed by atoms with Gasteiger partial charge >= 0.3 is 0 Å². The van der Waals surface area contributed by atoms with Crippen molar-refractivity contribution >= 4 is 21.6 Å². The van der Waals surface area contributed by atoms with Gasteiger partial charge in [-0.15, -0.1) is 0 Å². The van der Waals surface area contributed by atoms with Crippen molar-refractivity contribution in [2.24, 2.45) is 0 Å². The summed E-state index contributed by atoms with van der Waals surface area (Å²) in [5.74, 6) is 0.258. The Balaban J connectivity index is 2.12. The van der Waals surface area contributed by atoms with Gasteiger partial charge in [-0.2, -0.15) is 0 Å². The maximum absolute atomic E-state index is 13.8. The lowest BCUT2D eigenvalue weighted by atomic mass is 10.2. The van der Waals surface area contributed by atoms with Crippen LogP contribution in [0.5, 0.6) is 5.75 Å². The van der Waals surface area contributed by atoms with E-state index in [-0.39, 0.29) is 5.82 Å². The van der Waals surface area contributed by atoms with Crippen LogP contribution in [0.2, 0.25) is 0 Å². The van der Waals surface area contributed by atoms with Gasteiger partial charge in [0.15, 0.2) is 0 Å². The number of benzene rings is 2. The summed E-state index contributed by atoms with van der Waals surface area (Å²) >= 11 is 3.52. The fourth-order valence-corrected chi connectivity index (χ4v) is 2.18. The van der Waals surface area contributed by atoms with E-state index >= 15 is 0 Å². The Morgan fingerprint density at radius 3 is 2.74 bits per heavy atom. The minimum absolute atomic E-state index is 0.268. The summed E-state index contributed by atoms with van der Waals surface area (Å²) in [5, 5.41) is 3.22. The monoisotopic (exact) mass is 323 g/mol. The molecular weight excluding hydrogens is 309 g/mol. The Hall–Kier alpha value is -1.55. The van der Waals surface area contributed by atoms with Gasteiger partial charge in [-0.25, -0.2) is 4.39 Å². The topological polar surface area (TPSA) is 21.3 Å². The van der Waals surface area contributed by atoms with Crippen LogP contribution in [0.15, 0.2) is 40.9 Å². The molecule has 100 valence electrons. The molecule has 0 saturated heterocycles. The first-order chi connectivity index (χ1) is 9.11. The average molecular weight is 324 g/mol. The number of hydrogen-bond donors (Lipinski definition) is 1. The normalized spacial score (nSPS) is 10.3. The van der Waals surface area contributed by atoms with Gasteiger partial charge in [-0.05, 0) is 40.5 Å². The molecule has 0 saturated carbocycles. The smallest absolute Gasteiger partial charge is 0.131 e. The van der Waals surface area contributed by atoms with Crippen molar-refractivity contribution in [2.45, 2.75) is 13.5 Å². The molecule has 0 radical (unpaired) electrons. The molecule has 0 amide bonds. The Morgan fingerprint density at radius 2 is 2.05 bits per heavy atom. The molecule has 0 aromatic heterocycles. The van der Waals surface area contributed by atoms with Gasteiger partial charge in [-0.1, -0.05) is 18.2 Å². The van der Waals surface area contributed by atoms with Gasteiger partial charge in [0.2, 0.25) is 0 Å². The van der Waals surface area contributed by atoms with Gasteiger partial charge in [0, 0.05) is 28.3 Å². The fraction of sp³-hybridized carbons (Fsp3) is 0.200. The first-order valence-corrected chi connectivity index (χ1v) is 6.72. The second-order valence-corrected chi connectivity index (χ2v) is 5.04. The highest BCUT2D eigenvalue weighted by atomic mass is 79.9. The first-order valence-electron chi connectivity index (χ1n) is 5.93. The Morgan fingerprint density at radius 1 is 1.26 bits per heavy atom. The van der Waals surface area contributed by atoms with E-state index in [4.69, 9.17) is 4.74 Å². The van der Waals surface area contributed by atoms with Gasteiger partial charge < -0.3 is 10.1 Å². The van der Waals surface area contributed by atoms with E-state index in [0.29, 0.717) is 17.9 Å². The largest absolute Gasteiger partial charge is 0.497 e. The lowest BCUT2D eigenvalue weighted by molar-refractivity contribution is 0.411. The third kappa shape index (κ3) is 3.26. The molecule has 0 fully saturated rings. The zero-order valence-corrected chi connectivity index (χ0v) is 12.4. The average Bonchev–Trinajstić information content (AvgIpc) is 2.41. The predicted molar refractivity (Wildman–Crippen MR) is 79.2 cm³/mol. The SMILES string of the molecule is COc1ccc(CNc2cccc(C)c2Br)c(F)c1. The number of methoxy groups -OCH3 is 1. The summed E-state index contributed by atoms with van der Waals surface area (Å²) in [5.41, 5.74) is 2.70. The molecule has 2 rings (SSSR count). The Bertz CT molecular complexity index is 586. The summed E-state index contributed by atoms with van der Waals surface area (Å²) in [4.78, 5) is 0. The van der Waals surface area contributed by atoms with Crippen molar-refractivity contribution in [1.82, 2.24) is 0 Å². The molecule has 0 bridgehead atoms. The Kier molecular flexibility index (Phi) is 4.43. The second-order valence-electron chi connectivity index (χ2n) is 4.25. The van der Waals surface area contributed by atoms with Crippen LogP contribution in [0.3, 0.4) is 0 Å². The van der Waals surface area contributed by atoms with Crippen molar-refractivity contribution in [3.05, 3.63) is 57.8 Å². The minimum atomic E-state index is -0.268. The fourth-order valence-electron chi connectivity index (χ4n) is 1.77. The number of aryl methyl sites for hydroxylation is 1. The molecule has 0 spiro atoms. The van der Waals surface area contributed by atoms with E-state index in [1.165, 1.54) is 13.2 Å². The molecule has 2 nitrogen and oxygen atoms in total. The summed E-state index contributed by atoms with van der Waals surface area (Å²) in [6.45, 7) is 2.45. The molecule has 0 aliphatic rings. The predicted octanol–water partition coefficient (Wildman–Crippen LogP) is 4.52. The summed E-state index contributed by atoms with van der Waals surface area (Å²) < 4.78 is 19.8. The maximum atomic E-state index is 13.8. The zero-order valence-electron chi connectivity index (χ0n) is 10.8. The third-order valence-corrected chi connectivity index (χ3v) is 3.97. The minimum Gasteiger partial charge on any atom is -0.497 e. The van der Waals surface area contributed by atoms with Crippen molar-refractivity contribution in [3.8, 4) is 5.75 Å². The number of ether oxygens (including phenoxy) is 1. The zero-order chi connectivity index (χ0) is 13.8. The van der Waals surface area contributed by atoms with Crippen LogP contribution in [-0.2, 0) is 6.54 Å². The molecule has 19 heavy (non-hydrogen) atoms. The lowest BCUT2D eigenvalue weighted by Gasteiger charge is -2.11. The molecule has 1 N–H and O–H groups in total. The van der Waals surface area contributed by atoms with Crippen LogP contribution in [0.4, 0.5) is 10.1 Å². The number of hydrogen-bond acceptors (Lipinski definition) is 2. The van der Waals surface area contributed by atoms with Gasteiger partial charge in [0.1, 0.15) is 11.6 Å². The first kappa shape index (κ1) is 13.9. The lowest BCUT2D eigenvalue weighted by Crippen LogP contribution is -2.03. The van der Waals surface area contributed by atoms with Crippen LogP contribution in [-0.4, -0.2) is 7.11 Å². The second kappa shape index (κ2) is 6.06. The van der Waals surface area contributed by atoms with Crippen LogP contribution in [0, 0.1) is 12.7 Å². The molecule has 0 unspecified atom stereocenters. The molecule has 4 heteroatoms. The van der Waals surface area contributed by atoms with Crippen LogP contribution in [0.25, 0.3) is 0 Å². The van der Waals surface area contributed by atoms with E-state index < -0.39 is 0 Å². The van der Waals surface area contributed by atoms with E-state index in [9.17, 15) is 4.39 Å². The number of halogens is 2. The van der Waals surface area contributed by atoms with E-state index in [0.717, 1.165) is 15.7 Å². The van der Waals surface area contributed by atoms with Gasteiger partial charge in [-0.3, -0.25) is 0 Å². The van der Waals surface area contributed by atoms with E-state index in [2.05, 4.69) is 21.2 Å². The number of anilines is 1. The van der Waals surface area contributed by atoms with Crippen molar-refractivity contribution in [3.63, 3.8) is 0 Å². The third-order valence-electron chi connectivity index (χ3n) is 2.92. The Labute approximate surface area is 120 Å². The summed E-state index contributed by atoms with van der Waals surface area (Å²) in [6.07, 6.45) is 0. The van der Waals surface area contributed by atoms with Gasteiger partial charge in [0.05, 0.1) is 7.11 Å². The van der Waals surface area contributed by atoms with Crippen LogP contribution in [0.1, 0.15) is 11.1 Å². The summed E-state index contributed by atoms with van der Waals surface area (Å²) in [7, 11) is 1.52. The van der Waals surface area contributed by atoms with E-state index in [1.54, 1.807) is 12.1 Å². The molecule has 0 aliphatic heterocycles. The molecule has 2 aromatic carbocycles. The summed E-state index contributed by atoms with van der Waals surface area (Å²) in [6, 6.07) is 10.8. The van der Waals surface area contributed by atoms with Crippen molar-refractivity contribution < 1.29 is 9.13 Å². The number of nitrogens with one attached hydrogen (secondary N) is 1. The van der Waals surface area contributed by atoms with Crippen molar-refractivity contribution in [1.29, 1.82) is 0 Å². The molecular formula is C15H15BrFNO. The highest BCUT2D eigenvalue weighted by Crippen LogP contribution is 2.26. The maximum Gasteiger partial charge on any atom is 0.131 e. The molecule has 2 aromatic rings. The molecule has 0 heterocycles. The van der Waals surface area contributed by atoms with Crippen molar-refractivity contribution in [2.75, 3.05) is 12.4 Å². The van der Waals surface area contributed by atoms with Gasteiger partial charge in [0.25, 0.3) is 0 Å². The van der Waals surface area contributed by atoms with Crippen LogP contribution >= 0.6 is 15.9 Å². The highest BCUT2D eigenvalue weighted by Gasteiger charge is 2.06. The van der Waals surface area contributed by atoms with Crippen LogP contribution < -0.4 is 10.1 Å². The quantitative estimate of drug-likeness (QED) is 0.893.